The van der Waals surface area contributed by atoms with Crippen LogP contribution in [-0.2, 0) is 0 Å². The molecule has 0 radical (unpaired) electrons. The SMILES string of the molecule is c1ccc(-c2cc3c(-n4ccnc4)nc(-c4ccccn4)nc3s2)cc1. The van der Waals surface area contributed by atoms with Crippen molar-refractivity contribution in [1.29, 1.82) is 0 Å². The summed E-state index contributed by atoms with van der Waals surface area (Å²) in [5, 5.41) is 1.01. The number of aromatic nitrogens is 5. The van der Waals surface area contributed by atoms with Crippen LogP contribution in [0, 0.1) is 0 Å². The Morgan fingerprint density at radius 2 is 1.77 bits per heavy atom. The van der Waals surface area contributed by atoms with Crippen molar-refractivity contribution in [3.8, 4) is 27.8 Å². The van der Waals surface area contributed by atoms with Crippen molar-refractivity contribution in [3.05, 3.63) is 79.5 Å². The maximum atomic E-state index is 4.78. The summed E-state index contributed by atoms with van der Waals surface area (Å²) in [6, 6.07) is 18.2. The fraction of sp³-hybridized carbons (Fsp3) is 0. The van der Waals surface area contributed by atoms with Crippen LogP contribution >= 0.6 is 11.3 Å². The molecule has 0 unspecified atom stereocenters. The zero-order valence-corrected chi connectivity index (χ0v) is 14.5. The van der Waals surface area contributed by atoms with Crippen molar-refractivity contribution in [1.82, 2.24) is 24.5 Å². The van der Waals surface area contributed by atoms with E-state index in [0.29, 0.717) is 5.82 Å². The summed E-state index contributed by atoms with van der Waals surface area (Å²) in [7, 11) is 0. The van der Waals surface area contributed by atoms with Gasteiger partial charge in [-0.3, -0.25) is 9.55 Å². The van der Waals surface area contributed by atoms with E-state index in [9.17, 15) is 0 Å². The largest absolute Gasteiger partial charge is 0.290 e. The molecule has 4 heterocycles. The minimum absolute atomic E-state index is 0.614. The highest BCUT2D eigenvalue weighted by Crippen LogP contribution is 2.35. The Balaban J connectivity index is 1.77. The molecule has 0 aliphatic heterocycles. The number of thiophene rings is 1. The Bertz CT molecular complexity index is 1170. The Labute approximate surface area is 153 Å². The molecule has 6 heteroatoms. The Morgan fingerprint density at radius 1 is 0.885 bits per heavy atom. The molecular formula is C20H13N5S. The standard InChI is InChI=1S/C20H13N5S/c1-2-6-14(7-3-1)17-12-15-19(25-11-10-21-13-25)23-18(24-20(15)26-17)16-8-4-5-9-22-16/h1-13H. The lowest BCUT2D eigenvalue weighted by Crippen LogP contribution is -2.00. The number of rotatable bonds is 3. The number of hydrogen-bond acceptors (Lipinski definition) is 5. The average molecular weight is 355 g/mol. The zero-order valence-electron chi connectivity index (χ0n) is 13.6. The van der Waals surface area contributed by atoms with Gasteiger partial charge in [0, 0.05) is 23.5 Å². The molecule has 5 rings (SSSR count). The van der Waals surface area contributed by atoms with Gasteiger partial charge in [-0.15, -0.1) is 11.3 Å². The van der Waals surface area contributed by atoms with Crippen LogP contribution in [0.25, 0.3) is 38.0 Å². The molecule has 0 saturated heterocycles. The van der Waals surface area contributed by atoms with Crippen molar-refractivity contribution in [2.45, 2.75) is 0 Å². The van der Waals surface area contributed by atoms with Crippen LogP contribution in [0.15, 0.2) is 79.5 Å². The summed E-state index contributed by atoms with van der Waals surface area (Å²) in [6.45, 7) is 0. The van der Waals surface area contributed by atoms with E-state index >= 15 is 0 Å². The smallest absolute Gasteiger partial charge is 0.181 e. The Hall–Kier alpha value is -3.38. The molecule has 5 nitrogen and oxygen atoms in total. The second-order valence-electron chi connectivity index (χ2n) is 5.75. The molecule has 0 amide bonds. The zero-order chi connectivity index (χ0) is 17.3. The monoisotopic (exact) mass is 355 g/mol. The molecule has 0 aliphatic carbocycles. The highest BCUT2D eigenvalue weighted by Gasteiger charge is 2.15. The van der Waals surface area contributed by atoms with E-state index in [1.54, 1.807) is 30.1 Å². The summed E-state index contributed by atoms with van der Waals surface area (Å²) >= 11 is 1.66. The third-order valence-corrected chi connectivity index (χ3v) is 5.15. The Kier molecular flexibility index (Phi) is 3.54. The average Bonchev–Trinajstić information content (AvgIpc) is 3.38. The molecule has 0 atom stereocenters. The van der Waals surface area contributed by atoms with Crippen LogP contribution in [0.3, 0.4) is 0 Å². The van der Waals surface area contributed by atoms with Crippen LogP contribution in [0.2, 0.25) is 0 Å². The predicted octanol–water partition coefficient (Wildman–Crippen LogP) is 4.61. The second kappa shape index (κ2) is 6.16. The van der Waals surface area contributed by atoms with E-state index in [1.165, 1.54) is 5.56 Å². The van der Waals surface area contributed by atoms with Gasteiger partial charge < -0.3 is 0 Å². The van der Waals surface area contributed by atoms with Crippen molar-refractivity contribution >= 4 is 21.6 Å². The molecule has 0 aliphatic rings. The first-order chi connectivity index (χ1) is 12.9. The number of imidazole rings is 1. The molecule has 0 saturated carbocycles. The quantitative estimate of drug-likeness (QED) is 0.474. The van der Waals surface area contributed by atoms with Gasteiger partial charge >= 0.3 is 0 Å². The number of benzene rings is 1. The van der Waals surface area contributed by atoms with Gasteiger partial charge in [-0.2, -0.15) is 0 Å². The van der Waals surface area contributed by atoms with Gasteiger partial charge in [0.2, 0.25) is 0 Å². The topological polar surface area (TPSA) is 56.5 Å². The van der Waals surface area contributed by atoms with Crippen molar-refractivity contribution in [2.24, 2.45) is 0 Å². The number of nitrogens with zero attached hydrogens (tertiary/aromatic N) is 5. The maximum Gasteiger partial charge on any atom is 0.181 e. The van der Waals surface area contributed by atoms with Crippen molar-refractivity contribution in [3.63, 3.8) is 0 Å². The summed E-state index contributed by atoms with van der Waals surface area (Å²) < 4.78 is 1.91. The van der Waals surface area contributed by atoms with Gasteiger partial charge in [0.05, 0.1) is 5.39 Å². The molecule has 0 bridgehead atoms. The van der Waals surface area contributed by atoms with Crippen LogP contribution < -0.4 is 0 Å². The highest BCUT2D eigenvalue weighted by molar-refractivity contribution is 7.21. The molecule has 1 aromatic carbocycles. The van der Waals surface area contributed by atoms with Crippen LogP contribution in [0.5, 0.6) is 0 Å². The minimum atomic E-state index is 0.614. The normalized spacial score (nSPS) is 11.1. The molecule has 124 valence electrons. The van der Waals surface area contributed by atoms with Crippen LogP contribution in [0.1, 0.15) is 0 Å². The summed E-state index contributed by atoms with van der Waals surface area (Å²) in [6.07, 6.45) is 7.15. The molecule has 0 fully saturated rings. The Morgan fingerprint density at radius 3 is 2.54 bits per heavy atom. The molecule has 4 aromatic heterocycles. The van der Waals surface area contributed by atoms with Crippen LogP contribution in [0.4, 0.5) is 0 Å². The van der Waals surface area contributed by atoms with Gasteiger partial charge in [-0.05, 0) is 23.8 Å². The van der Waals surface area contributed by atoms with Gasteiger partial charge in [-0.25, -0.2) is 15.0 Å². The predicted molar refractivity (Wildman–Crippen MR) is 103 cm³/mol. The van der Waals surface area contributed by atoms with Gasteiger partial charge in [0.1, 0.15) is 16.9 Å². The van der Waals surface area contributed by atoms with E-state index in [4.69, 9.17) is 9.97 Å². The first-order valence-corrected chi connectivity index (χ1v) is 8.97. The lowest BCUT2D eigenvalue weighted by atomic mass is 10.2. The summed E-state index contributed by atoms with van der Waals surface area (Å²) in [5.74, 6) is 1.43. The maximum absolute atomic E-state index is 4.78. The van der Waals surface area contributed by atoms with Crippen molar-refractivity contribution in [2.75, 3.05) is 0 Å². The molecule has 26 heavy (non-hydrogen) atoms. The minimum Gasteiger partial charge on any atom is -0.290 e. The lowest BCUT2D eigenvalue weighted by molar-refractivity contribution is 0.995. The first-order valence-electron chi connectivity index (χ1n) is 8.15. The summed E-state index contributed by atoms with van der Waals surface area (Å²) in [4.78, 5) is 20.2. The lowest BCUT2D eigenvalue weighted by Gasteiger charge is -2.06. The number of pyridine rings is 1. The number of fused-ring (bicyclic) bond motifs is 1. The molecule has 0 spiro atoms. The van der Waals surface area contributed by atoms with Crippen LogP contribution in [-0.4, -0.2) is 24.5 Å². The fourth-order valence-corrected chi connectivity index (χ4v) is 3.87. The van der Waals surface area contributed by atoms with Gasteiger partial charge in [-0.1, -0.05) is 36.4 Å². The molecule has 5 aromatic rings. The molecule has 0 N–H and O–H groups in total. The highest BCUT2D eigenvalue weighted by atomic mass is 32.1. The third kappa shape index (κ3) is 2.57. The fourth-order valence-electron chi connectivity index (χ4n) is 2.84. The van der Waals surface area contributed by atoms with E-state index in [0.717, 1.165) is 26.6 Å². The van der Waals surface area contributed by atoms with Crippen molar-refractivity contribution < 1.29 is 0 Å². The first kappa shape index (κ1) is 14.9. The van der Waals surface area contributed by atoms with E-state index in [2.05, 4.69) is 28.2 Å². The van der Waals surface area contributed by atoms with Gasteiger partial charge in [0.25, 0.3) is 0 Å². The third-order valence-electron chi connectivity index (χ3n) is 4.07. The summed E-state index contributed by atoms with van der Waals surface area (Å²) in [5.41, 5.74) is 1.93. The molecular weight excluding hydrogens is 342 g/mol. The van der Waals surface area contributed by atoms with Gasteiger partial charge in [0.15, 0.2) is 11.6 Å². The van der Waals surface area contributed by atoms with E-state index in [-0.39, 0.29) is 0 Å². The second-order valence-corrected chi connectivity index (χ2v) is 6.78. The van der Waals surface area contributed by atoms with E-state index in [1.807, 2.05) is 47.2 Å². The number of hydrogen-bond donors (Lipinski definition) is 0. The van der Waals surface area contributed by atoms with E-state index < -0.39 is 0 Å².